The van der Waals surface area contributed by atoms with E-state index in [0.717, 1.165) is 6.26 Å². The summed E-state index contributed by atoms with van der Waals surface area (Å²) in [5.74, 6) is -1.49. The van der Waals surface area contributed by atoms with E-state index in [4.69, 9.17) is 5.21 Å². The maximum absolute atomic E-state index is 14.2. The molecular formula is C18H21FN2O5S. The lowest BCUT2D eigenvalue weighted by Crippen LogP contribution is -2.49. The maximum atomic E-state index is 14.2. The molecule has 27 heavy (non-hydrogen) atoms. The number of hydroxylamine groups is 1. The highest BCUT2D eigenvalue weighted by molar-refractivity contribution is 7.92. The zero-order valence-electron chi connectivity index (χ0n) is 15.2. The van der Waals surface area contributed by atoms with E-state index in [0.29, 0.717) is 16.7 Å². The standard InChI is InChI=1S/C18H21FN2O5S/c1-12-5-4-6-14(16(12)19)13-7-9-21(15(22)11-13)10-8-18(2,17(23)20-24)27(3,25)26/h4-7,9,11,24H,8,10H2,1-3H3,(H,20,23)/t18-/m1/s1. The van der Waals surface area contributed by atoms with Crippen LogP contribution in [0.4, 0.5) is 4.39 Å². The summed E-state index contributed by atoms with van der Waals surface area (Å²) in [6.45, 7) is 2.72. The van der Waals surface area contributed by atoms with Crippen LogP contribution in [0.2, 0.25) is 0 Å². The third-order valence-electron chi connectivity index (χ3n) is 4.73. The molecule has 0 saturated heterocycles. The van der Waals surface area contributed by atoms with Crippen LogP contribution in [0.25, 0.3) is 11.1 Å². The van der Waals surface area contributed by atoms with Crippen molar-refractivity contribution in [1.82, 2.24) is 10.0 Å². The Kier molecular flexibility index (Phi) is 5.86. The normalized spacial score (nSPS) is 13.8. The number of nitrogens with zero attached hydrogens (tertiary/aromatic N) is 1. The monoisotopic (exact) mass is 396 g/mol. The van der Waals surface area contributed by atoms with Gasteiger partial charge >= 0.3 is 0 Å². The van der Waals surface area contributed by atoms with E-state index >= 15 is 0 Å². The molecule has 9 heteroatoms. The fraction of sp³-hybridized carbons (Fsp3) is 0.333. The molecule has 0 fully saturated rings. The van der Waals surface area contributed by atoms with Crippen molar-refractivity contribution < 1.29 is 22.8 Å². The second-order valence-electron chi connectivity index (χ2n) is 6.58. The first-order valence-electron chi connectivity index (χ1n) is 8.11. The van der Waals surface area contributed by atoms with Gasteiger partial charge in [-0.3, -0.25) is 14.8 Å². The number of amides is 1. The van der Waals surface area contributed by atoms with E-state index in [2.05, 4.69) is 0 Å². The Morgan fingerprint density at radius 3 is 2.56 bits per heavy atom. The molecule has 1 atom stereocenters. The Morgan fingerprint density at radius 2 is 2.00 bits per heavy atom. The molecular weight excluding hydrogens is 375 g/mol. The molecule has 1 amide bonds. The number of hydrogen-bond acceptors (Lipinski definition) is 5. The molecule has 2 rings (SSSR count). The van der Waals surface area contributed by atoms with E-state index < -0.39 is 31.9 Å². The van der Waals surface area contributed by atoms with Gasteiger partial charge in [0.05, 0.1) is 0 Å². The number of aryl methyl sites for hydroxylation is 2. The van der Waals surface area contributed by atoms with Crippen LogP contribution >= 0.6 is 0 Å². The van der Waals surface area contributed by atoms with Gasteiger partial charge in [-0.1, -0.05) is 18.2 Å². The van der Waals surface area contributed by atoms with Gasteiger partial charge in [-0.15, -0.1) is 0 Å². The molecule has 0 aliphatic rings. The molecule has 146 valence electrons. The van der Waals surface area contributed by atoms with Gasteiger partial charge in [-0.2, -0.15) is 0 Å². The molecule has 0 aliphatic heterocycles. The molecule has 2 N–H and O–H groups in total. The van der Waals surface area contributed by atoms with Gasteiger partial charge in [-0.25, -0.2) is 18.3 Å². The first kappa shape index (κ1) is 20.8. The first-order valence-corrected chi connectivity index (χ1v) is 10.0. The Hall–Kier alpha value is -2.52. The number of halogens is 1. The summed E-state index contributed by atoms with van der Waals surface area (Å²) >= 11 is 0. The number of rotatable bonds is 6. The smallest absolute Gasteiger partial charge is 0.264 e. The summed E-state index contributed by atoms with van der Waals surface area (Å²) in [7, 11) is -3.86. The summed E-state index contributed by atoms with van der Waals surface area (Å²) in [5.41, 5.74) is 2.04. The van der Waals surface area contributed by atoms with Gasteiger partial charge in [-0.05, 0) is 37.5 Å². The number of carbonyl (C=O) groups is 1. The fourth-order valence-corrected chi connectivity index (χ4v) is 3.49. The number of carbonyl (C=O) groups excluding carboxylic acids is 1. The lowest BCUT2D eigenvalue weighted by Gasteiger charge is -2.25. The molecule has 0 bridgehead atoms. The highest BCUT2D eigenvalue weighted by Crippen LogP contribution is 2.24. The minimum absolute atomic E-state index is 0.0770. The van der Waals surface area contributed by atoms with Crippen LogP contribution in [0.1, 0.15) is 18.9 Å². The van der Waals surface area contributed by atoms with Crippen molar-refractivity contribution in [2.75, 3.05) is 6.26 Å². The number of aromatic nitrogens is 1. The number of nitrogens with one attached hydrogen (secondary N) is 1. The summed E-state index contributed by atoms with van der Waals surface area (Å²) < 4.78 is 37.5. The lowest BCUT2D eigenvalue weighted by molar-refractivity contribution is -0.131. The number of sulfone groups is 1. The predicted octanol–water partition coefficient (Wildman–Crippen LogP) is 1.66. The highest BCUT2D eigenvalue weighted by atomic mass is 32.2. The van der Waals surface area contributed by atoms with Crippen molar-refractivity contribution in [3.8, 4) is 11.1 Å². The van der Waals surface area contributed by atoms with Crippen LogP contribution in [0.5, 0.6) is 0 Å². The van der Waals surface area contributed by atoms with Crippen LogP contribution in [0, 0.1) is 12.7 Å². The summed E-state index contributed by atoms with van der Waals surface area (Å²) in [6.07, 6.45) is 2.07. The lowest BCUT2D eigenvalue weighted by atomic mass is 10.0. The van der Waals surface area contributed by atoms with E-state index in [1.165, 1.54) is 29.2 Å². The van der Waals surface area contributed by atoms with Crippen LogP contribution in [0.3, 0.4) is 0 Å². The summed E-state index contributed by atoms with van der Waals surface area (Å²) in [4.78, 5) is 24.2. The predicted molar refractivity (Wildman–Crippen MR) is 98.6 cm³/mol. The third kappa shape index (κ3) is 4.09. The quantitative estimate of drug-likeness (QED) is 0.571. The molecule has 0 saturated carbocycles. The Balaban J connectivity index is 2.33. The molecule has 0 aliphatic carbocycles. The summed E-state index contributed by atoms with van der Waals surface area (Å²) in [6, 6.07) is 7.67. The zero-order chi connectivity index (χ0) is 20.4. The van der Waals surface area contributed by atoms with Crippen molar-refractivity contribution in [3.63, 3.8) is 0 Å². The Bertz CT molecular complexity index is 1030. The second-order valence-corrected chi connectivity index (χ2v) is 9.02. The molecule has 0 radical (unpaired) electrons. The molecule has 1 heterocycles. The van der Waals surface area contributed by atoms with Crippen LogP contribution in [0.15, 0.2) is 41.3 Å². The number of benzene rings is 1. The molecule has 7 nitrogen and oxygen atoms in total. The molecule has 0 spiro atoms. The average Bonchev–Trinajstić information content (AvgIpc) is 2.61. The topological polar surface area (TPSA) is 105 Å². The largest absolute Gasteiger partial charge is 0.315 e. The Labute approximate surface area is 156 Å². The van der Waals surface area contributed by atoms with Gasteiger partial charge in [0.25, 0.3) is 11.5 Å². The second kappa shape index (κ2) is 7.61. The minimum Gasteiger partial charge on any atom is -0.315 e. The first-order chi connectivity index (χ1) is 12.5. The van der Waals surface area contributed by atoms with Crippen molar-refractivity contribution in [2.45, 2.75) is 31.6 Å². The fourth-order valence-electron chi connectivity index (χ4n) is 2.65. The van der Waals surface area contributed by atoms with Gasteiger partial charge < -0.3 is 4.57 Å². The van der Waals surface area contributed by atoms with Gasteiger partial charge in [0, 0.05) is 30.6 Å². The SMILES string of the molecule is Cc1cccc(-c2ccn(CC[C@](C)(C(=O)NO)S(C)(=O)=O)c(=O)c2)c1F. The molecule has 1 aromatic carbocycles. The average molecular weight is 396 g/mol. The molecule has 0 unspecified atom stereocenters. The summed E-state index contributed by atoms with van der Waals surface area (Å²) in [5, 5.41) is 8.83. The van der Waals surface area contributed by atoms with Crippen LogP contribution in [-0.2, 0) is 21.2 Å². The zero-order valence-corrected chi connectivity index (χ0v) is 16.0. The van der Waals surface area contributed by atoms with E-state index in [9.17, 15) is 22.4 Å². The maximum Gasteiger partial charge on any atom is 0.264 e. The van der Waals surface area contributed by atoms with Crippen LogP contribution in [-0.4, -0.2) is 35.1 Å². The van der Waals surface area contributed by atoms with Crippen LogP contribution < -0.4 is 11.0 Å². The van der Waals surface area contributed by atoms with Crippen molar-refractivity contribution in [1.29, 1.82) is 0 Å². The number of hydrogen-bond donors (Lipinski definition) is 2. The van der Waals surface area contributed by atoms with Crippen molar-refractivity contribution in [2.24, 2.45) is 0 Å². The Morgan fingerprint density at radius 1 is 1.33 bits per heavy atom. The third-order valence-corrected chi connectivity index (χ3v) is 6.76. The van der Waals surface area contributed by atoms with Gasteiger partial charge in [0.1, 0.15) is 5.82 Å². The van der Waals surface area contributed by atoms with Gasteiger partial charge in [0.15, 0.2) is 14.6 Å². The van der Waals surface area contributed by atoms with E-state index in [1.54, 1.807) is 31.2 Å². The minimum atomic E-state index is -3.86. The van der Waals surface area contributed by atoms with E-state index in [-0.39, 0.29) is 13.0 Å². The highest BCUT2D eigenvalue weighted by Gasteiger charge is 2.43. The molecule has 1 aromatic heterocycles. The number of pyridine rings is 1. The van der Waals surface area contributed by atoms with Crippen molar-refractivity contribution in [3.05, 3.63) is 58.3 Å². The van der Waals surface area contributed by atoms with E-state index in [1.807, 2.05) is 0 Å². The van der Waals surface area contributed by atoms with Gasteiger partial charge in [0.2, 0.25) is 0 Å². The van der Waals surface area contributed by atoms with Crippen molar-refractivity contribution >= 4 is 15.7 Å². The molecule has 2 aromatic rings.